The summed E-state index contributed by atoms with van der Waals surface area (Å²) >= 11 is 0. The standard InChI is InChI=1S/C14H21N5O/c1-10(2)9-19(13(20)14(3,4)5)18-11-6-7-16-12(8-15)17-11/h6-7,10H,9H2,1-5H3,(H,16,17,18). The molecule has 6 nitrogen and oxygen atoms in total. The summed E-state index contributed by atoms with van der Waals surface area (Å²) in [5, 5.41) is 10.3. The van der Waals surface area contributed by atoms with Gasteiger partial charge in [0.1, 0.15) is 11.9 Å². The van der Waals surface area contributed by atoms with Crippen molar-refractivity contribution in [1.82, 2.24) is 15.0 Å². The first kappa shape index (κ1) is 15.9. The van der Waals surface area contributed by atoms with E-state index in [1.54, 1.807) is 11.1 Å². The molecule has 0 bridgehead atoms. The van der Waals surface area contributed by atoms with Crippen LogP contribution in [0.4, 0.5) is 5.82 Å². The van der Waals surface area contributed by atoms with Crippen molar-refractivity contribution in [2.24, 2.45) is 11.3 Å². The zero-order chi connectivity index (χ0) is 15.3. The summed E-state index contributed by atoms with van der Waals surface area (Å²) in [5.74, 6) is 0.798. The lowest BCUT2D eigenvalue weighted by atomic mass is 9.95. The quantitative estimate of drug-likeness (QED) is 0.852. The van der Waals surface area contributed by atoms with Crippen molar-refractivity contribution in [2.75, 3.05) is 12.0 Å². The maximum absolute atomic E-state index is 12.4. The van der Waals surface area contributed by atoms with Crippen molar-refractivity contribution in [3.63, 3.8) is 0 Å². The third-order valence-corrected chi connectivity index (χ3v) is 2.44. The molecule has 0 unspecified atom stereocenters. The number of rotatable bonds is 4. The molecule has 1 amide bonds. The first-order valence-corrected chi connectivity index (χ1v) is 6.56. The zero-order valence-corrected chi connectivity index (χ0v) is 12.6. The highest BCUT2D eigenvalue weighted by Gasteiger charge is 2.28. The number of nitrogens with zero attached hydrogens (tertiary/aromatic N) is 4. The molecule has 0 aromatic carbocycles. The van der Waals surface area contributed by atoms with Crippen LogP contribution in [0.2, 0.25) is 0 Å². The average molecular weight is 275 g/mol. The first-order chi connectivity index (χ1) is 9.24. The Kier molecular flexibility index (Phi) is 5.03. The molecule has 0 aliphatic rings. The van der Waals surface area contributed by atoms with Crippen molar-refractivity contribution in [2.45, 2.75) is 34.6 Å². The summed E-state index contributed by atoms with van der Waals surface area (Å²) in [4.78, 5) is 20.2. The number of nitrogens with one attached hydrogen (secondary N) is 1. The number of amides is 1. The van der Waals surface area contributed by atoms with E-state index in [-0.39, 0.29) is 11.7 Å². The van der Waals surface area contributed by atoms with Crippen LogP contribution in [-0.2, 0) is 4.79 Å². The molecule has 0 spiro atoms. The molecule has 0 fully saturated rings. The van der Waals surface area contributed by atoms with Crippen molar-refractivity contribution in [3.8, 4) is 6.07 Å². The van der Waals surface area contributed by atoms with Crippen LogP contribution in [0.3, 0.4) is 0 Å². The Morgan fingerprint density at radius 2 is 2.15 bits per heavy atom. The van der Waals surface area contributed by atoms with Crippen LogP contribution in [0.25, 0.3) is 0 Å². The number of anilines is 1. The Labute approximate surface area is 119 Å². The van der Waals surface area contributed by atoms with Crippen molar-refractivity contribution in [1.29, 1.82) is 5.26 Å². The van der Waals surface area contributed by atoms with Crippen LogP contribution in [0.1, 0.15) is 40.4 Å². The van der Waals surface area contributed by atoms with Gasteiger partial charge in [0.05, 0.1) is 0 Å². The number of carbonyl (C=O) groups is 1. The Balaban J connectivity index is 2.95. The summed E-state index contributed by atoms with van der Waals surface area (Å²) in [5.41, 5.74) is 2.48. The van der Waals surface area contributed by atoms with E-state index in [1.165, 1.54) is 6.20 Å². The van der Waals surface area contributed by atoms with Crippen LogP contribution >= 0.6 is 0 Å². The van der Waals surface area contributed by atoms with Crippen LogP contribution in [0, 0.1) is 22.7 Å². The maximum Gasteiger partial charge on any atom is 0.246 e. The molecule has 1 N–H and O–H groups in total. The molecule has 0 aliphatic heterocycles. The molecular weight excluding hydrogens is 254 g/mol. The van der Waals surface area contributed by atoms with Gasteiger partial charge in [0.2, 0.25) is 11.7 Å². The van der Waals surface area contributed by atoms with Gasteiger partial charge in [0, 0.05) is 24.2 Å². The molecule has 108 valence electrons. The van der Waals surface area contributed by atoms with E-state index in [0.717, 1.165) is 0 Å². The highest BCUT2D eigenvalue weighted by Crippen LogP contribution is 2.19. The Bertz CT molecular complexity index is 513. The van der Waals surface area contributed by atoms with E-state index < -0.39 is 5.41 Å². The Morgan fingerprint density at radius 3 is 2.65 bits per heavy atom. The highest BCUT2D eigenvalue weighted by molar-refractivity contribution is 5.82. The smallest absolute Gasteiger partial charge is 0.246 e. The van der Waals surface area contributed by atoms with E-state index in [4.69, 9.17) is 5.26 Å². The molecule has 0 saturated heterocycles. The van der Waals surface area contributed by atoms with Gasteiger partial charge < -0.3 is 0 Å². The molecule has 0 atom stereocenters. The predicted octanol–water partition coefficient (Wildman–Crippen LogP) is 2.21. The van der Waals surface area contributed by atoms with E-state index in [9.17, 15) is 4.79 Å². The van der Waals surface area contributed by atoms with Gasteiger partial charge in [-0.3, -0.25) is 15.2 Å². The van der Waals surface area contributed by atoms with Gasteiger partial charge in [-0.1, -0.05) is 34.6 Å². The third kappa shape index (κ3) is 4.50. The van der Waals surface area contributed by atoms with Gasteiger partial charge in [0.15, 0.2) is 0 Å². The average Bonchev–Trinajstić information content (AvgIpc) is 2.35. The van der Waals surface area contributed by atoms with Crippen molar-refractivity contribution in [3.05, 3.63) is 18.1 Å². The SMILES string of the molecule is CC(C)CN(Nc1ccnc(C#N)n1)C(=O)C(C)(C)C. The number of hydrazine groups is 1. The summed E-state index contributed by atoms with van der Waals surface area (Å²) in [7, 11) is 0. The predicted molar refractivity (Wildman–Crippen MR) is 76.4 cm³/mol. The highest BCUT2D eigenvalue weighted by atomic mass is 16.2. The first-order valence-electron chi connectivity index (χ1n) is 6.56. The number of aromatic nitrogens is 2. The van der Waals surface area contributed by atoms with Crippen LogP contribution in [0.15, 0.2) is 12.3 Å². The van der Waals surface area contributed by atoms with Gasteiger partial charge in [0.25, 0.3) is 0 Å². The fourth-order valence-corrected chi connectivity index (χ4v) is 1.56. The van der Waals surface area contributed by atoms with Gasteiger partial charge in [-0.15, -0.1) is 0 Å². The molecule has 0 saturated carbocycles. The number of hydrogen-bond donors (Lipinski definition) is 1. The molecule has 0 aliphatic carbocycles. The lowest BCUT2D eigenvalue weighted by Crippen LogP contribution is -2.45. The lowest BCUT2D eigenvalue weighted by molar-refractivity contribution is -0.138. The van der Waals surface area contributed by atoms with Crippen LogP contribution < -0.4 is 5.43 Å². The minimum absolute atomic E-state index is 0.0247. The van der Waals surface area contributed by atoms with E-state index in [0.29, 0.717) is 18.3 Å². The molecule has 1 heterocycles. The van der Waals surface area contributed by atoms with Gasteiger partial charge in [-0.25, -0.2) is 9.97 Å². The number of hydrogen-bond acceptors (Lipinski definition) is 5. The number of nitriles is 1. The monoisotopic (exact) mass is 275 g/mol. The zero-order valence-electron chi connectivity index (χ0n) is 12.6. The lowest BCUT2D eigenvalue weighted by Gasteiger charge is -2.31. The minimum Gasteiger partial charge on any atom is -0.279 e. The molecule has 20 heavy (non-hydrogen) atoms. The minimum atomic E-state index is -0.493. The molecule has 1 rings (SSSR count). The second-order valence-corrected chi connectivity index (χ2v) is 6.05. The van der Waals surface area contributed by atoms with Crippen LogP contribution in [-0.4, -0.2) is 27.4 Å². The van der Waals surface area contributed by atoms with Crippen molar-refractivity contribution >= 4 is 11.7 Å². The molecule has 1 aromatic rings. The van der Waals surface area contributed by atoms with Gasteiger partial charge in [-0.05, 0) is 5.92 Å². The fraction of sp³-hybridized carbons (Fsp3) is 0.571. The van der Waals surface area contributed by atoms with Crippen LogP contribution in [0.5, 0.6) is 0 Å². The summed E-state index contributed by atoms with van der Waals surface area (Å²) in [6.07, 6.45) is 1.49. The largest absolute Gasteiger partial charge is 0.279 e. The number of carbonyl (C=O) groups excluding carboxylic acids is 1. The summed E-state index contributed by atoms with van der Waals surface area (Å²) in [6.45, 7) is 10.2. The normalized spacial score (nSPS) is 11.1. The van der Waals surface area contributed by atoms with Gasteiger partial charge >= 0.3 is 0 Å². The molecule has 1 aromatic heterocycles. The van der Waals surface area contributed by atoms with E-state index in [2.05, 4.69) is 15.4 Å². The Hall–Kier alpha value is -2.16. The summed E-state index contributed by atoms with van der Waals surface area (Å²) in [6, 6.07) is 3.50. The third-order valence-electron chi connectivity index (χ3n) is 2.44. The Morgan fingerprint density at radius 1 is 1.50 bits per heavy atom. The van der Waals surface area contributed by atoms with Gasteiger partial charge in [-0.2, -0.15) is 5.26 Å². The van der Waals surface area contributed by atoms with E-state index >= 15 is 0 Å². The topological polar surface area (TPSA) is 81.9 Å². The molecule has 0 radical (unpaired) electrons. The van der Waals surface area contributed by atoms with E-state index in [1.807, 2.05) is 40.7 Å². The molecular formula is C14H21N5O. The second kappa shape index (κ2) is 6.33. The second-order valence-electron chi connectivity index (χ2n) is 6.05. The molecule has 6 heteroatoms. The maximum atomic E-state index is 12.4. The fourth-order valence-electron chi connectivity index (χ4n) is 1.56. The van der Waals surface area contributed by atoms with Crippen molar-refractivity contribution < 1.29 is 4.79 Å². The summed E-state index contributed by atoms with van der Waals surface area (Å²) < 4.78 is 0.